The number of hydrogen-bond donors (Lipinski definition) is 1. The average Bonchev–Trinajstić information content (AvgIpc) is 2.86. The highest BCUT2D eigenvalue weighted by Crippen LogP contribution is 2.26. The fraction of sp³-hybridized carbons (Fsp3) is 0.250. The van der Waals surface area contributed by atoms with Gasteiger partial charge in [-0.2, -0.15) is 0 Å². The number of methoxy groups -OCH3 is 1. The highest BCUT2D eigenvalue weighted by molar-refractivity contribution is 5.74. The third kappa shape index (κ3) is 2.60. The molecule has 21 heavy (non-hydrogen) atoms. The zero-order valence-electron chi connectivity index (χ0n) is 11.9. The molecule has 5 heteroatoms. The zero-order chi connectivity index (χ0) is 14.7. The van der Waals surface area contributed by atoms with Crippen LogP contribution in [0.4, 0.5) is 0 Å². The second-order valence-corrected chi connectivity index (χ2v) is 4.79. The van der Waals surface area contributed by atoms with Crippen molar-refractivity contribution >= 4 is 11.2 Å². The number of aromatic hydroxyl groups is 1. The van der Waals surface area contributed by atoms with E-state index in [-0.39, 0.29) is 5.75 Å². The van der Waals surface area contributed by atoms with Gasteiger partial charge in [0.15, 0.2) is 5.65 Å². The second-order valence-electron chi connectivity index (χ2n) is 4.79. The normalized spacial score (nSPS) is 11.1. The van der Waals surface area contributed by atoms with Gasteiger partial charge in [0.25, 0.3) is 0 Å². The van der Waals surface area contributed by atoms with Crippen molar-refractivity contribution in [1.29, 1.82) is 0 Å². The Hall–Kier alpha value is -2.40. The predicted molar refractivity (Wildman–Crippen MR) is 80.7 cm³/mol. The maximum Gasteiger partial charge on any atom is 0.164 e. The molecule has 0 aliphatic heterocycles. The quantitative estimate of drug-likeness (QED) is 0.731. The lowest BCUT2D eigenvalue weighted by molar-refractivity contribution is 0.194. The SMILES string of the molecule is COCCCc1nc2cccnc2n1-c1ccccc1O. The molecular formula is C16H17N3O2. The lowest BCUT2D eigenvalue weighted by Gasteiger charge is -2.10. The van der Waals surface area contributed by atoms with Gasteiger partial charge in [-0.15, -0.1) is 0 Å². The van der Waals surface area contributed by atoms with E-state index in [1.165, 1.54) is 0 Å². The molecule has 2 heterocycles. The van der Waals surface area contributed by atoms with E-state index in [4.69, 9.17) is 4.74 Å². The van der Waals surface area contributed by atoms with E-state index in [2.05, 4.69) is 9.97 Å². The first-order valence-corrected chi connectivity index (χ1v) is 6.91. The van der Waals surface area contributed by atoms with Crippen LogP contribution in [0, 0.1) is 0 Å². The summed E-state index contributed by atoms with van der Waals surface area (Å²) in [6.45, 7) is 0.678. The number of hydrogen-bond acceptors (Lipinski definition) is 4. The molecule has 3 aromatic rings. The number of imidazole rings is 1. The highest BCUT2D eigenvalue weighted by atomic mass is 16.5. The fourth-order valence-electron chi connectivity index (χ4n) is 2.41. The Bertz CT molecular complexity index is 752. The van der Waals surface area contributed by atoms with Crippen LogP contribution in [0.3, 0.4) is 0 Å². The van der Waals surface area contributed by atoms with Crippen LogP contribution in [0.2, 0.25) is 0 Å². The number of rotatable bonds is 5. The molecule has 0 aliphatic carbocycles. The Morgan fingerprint density at radius 3 is 2.86 bits per heavy atom. The van der Waals surface area contributed by atoms with Crippen molar-refractivity contribution in [2.75, 3.05) is 13.7 Å². The summed E-state index contributed by atoms with van der Waals surface area (Å²) in [5, 5.41) is 10.1. The third-order valence-corrected chi connectivity index (χ3v) is 3.36. The number of phenols is 1. The number of fused-ring (bicyclic) bond motifs is 1. The van der Waals surface area contributed by atoms with Crippen molar-refractivity contribution in [2.45, 2.75) is 12.8 Å². The monoisotopic (exact) mass is 283 g/mol. The van der Waals surface area contributed by atoms with E-state index >= 15 is 0 Å². The molecule has 0 unspecified atom stereocenters. The summed E-state index contributed by atoms with van der Waals surface area (Å²) in [7, 11) is 1.69. The molecule has 0 spiro atoms. The molecule has 1 aromatic carbocycles. The minimum Gasteiger partial charge on any atom is -0.506 e. The summed E-state index contributed by atoms with van der Waals surface area (Å²) in [5.41, 5.74) is 2.28. The van der Waals surface area contributed by atoms with Crippen molar-refractivity contribution in [3.05, 3.63) is 48.4 Å². The van der Waals surface area contributed by atoms with Gasteiger partial charge >= 0.3 is 0 Å². The molecule has 0 saturated heterocycles. The van der Waals surface area contributed by atoms with Crippen molar-refractivity contribution in [1.82, 2.24) is 14.5 Å². The van der Waals surface area contributed by atoms with Crippen molar-refractivity contribution in [3.8, 4) is 11.4 Å². The largest absolute Gasteiger partial charge is 0.506 e. The van der Waals surface area contributed by atoms with Crippen LogP contribution in [-0.4, -0.2) is 33.4 Å². The van der Waals surface area contributed by atoms with E-state index in [0.29, 0.717) is 12.3 Å². The van der Waals surface area contributed by atoms with E-state index in [9.17, 15) is 5.11 Å². The first-order chi connectivity index (χ1) is 10.3. The number of para-hydroxylation sites is 2. The summed E-state index contributed by atoms with van der Waals surface area (Å²) >= 11 is 0. The Balaban J connectivity index is 2.14. The molecule has 0 bridgehead atoms. The second kappa shape index (κ2) is 5.93. The molecule has 0 amide bonds. The minimum absolute atomic E-state index is 0.218. The fourth-order valence-corrected chi connectivity index (χ4v) is 2.41. The first-order valence-electron chi connectivity index (χ1n) is 6.91. The lowest BCUT2D eigenvalue weighted by atomic mass is 10.2. The van der Waals surface area contributed by atoms with E-state index in [1.807, 2.05) is 28.8 Å². The Morgan fingerprint density at radius 1 is 1.19 bits per heavy atom. The summed E-state index contributed by atoms with van der Waals surface area (Å²) in [6, 6.07) is 11.0. The van der Waals surface area contributed by atoms with Gasteiger partial charge in [-0.1, -0.05) is 12.1 Å². The summed E-state index contributed by atoms with van der Waals surface area (Å²) < 4.78 is 7.02. The molecule has 1 N–H and O–H groups in total. The van der Waals surface area contributed by atoms with E-state index < -0.39 is 0 Å². The van der Waals surface area contributed by atoms with E-state index in [0.717, 1.165) is 29.8 Å². The van der Waals surface area contributed by atoms with Gasteiger partial charge in [-0.3, -0.25) is 4.57 Å². The van der Waals surface area contributed by atoms with Crippen LogP contribution in [0.5, 0.6) is 5.75 Å². The number of benzene rings is 1. The lowest BCUT2D eigenvalue weighted by Crippen LogP contribution is -2.04. The predicted octanol–water partition coefficient (Wildman–Crippen LogP) is 2.71. The number of ether oxygens (including phenoxy) is 1. The Kier molecular flexibility index (Phi) is 3.83. The van der Waals surface area contributed by atoms with Crippen LogP contribution >= 0.6 is 0 Å². The molecule has 5 nitrogen and oxygen atoms in total. The number of pyridine rings is 1. The van der Waals surface area contributed by atoms with Crippen LogP contribution in [-0.2, 0) is 11.2 Å². The van der Waals surface area contributed by atoms with Gasteiger partial charge < -0.3 is 9.84 Å². The van der Waals surface area contributed by atoms with Crippen molar-refractivity contribution < 1.29 is 9.84 Å². The molecule has 0 fully saturated rings. The molecule has 0 radical (unpaired) electrons. The maximum atomic E-state index is 10.1. The average molecular weight is 283 g/mol. The van der Waals surface area contributed by atoms with Gasteiger partial charge in [-0.05, 0) is 30.7 Å². The van der Waals surface area contributed by atoms with Crippen LogP contribution in [0.15, 0.2) is 42.6 Å². The standard InChI is InChI=1S/C16H17N3O2/c1-21-11-5-9-15-18-12-6-4-10-17-16(12)19(15)13-7-2-3-8-14(13)20/h2-4,6-8,10,20H,5,9,11H2,1H3. The molecular weight excluding hydrogens is 266 g/mol. The smallest absolute Gasteiger partial charge is 0.164 e. The molecule has 3 rings (SSSR count). The molecule has 0 saturated carbocycles. The molecule has 0 aliphatic rings. The summed E-state index contributed by atoms with van der Waals surface area (Å²) in [4.78, 5) is 9.04. The summed E-state index contributed by atoms with van der Waals surface area (Å²) in [6.07, 6.45) is 3.37. The number of phenolic OH excluding ortho intramolecular Hbond substituents is 1. The Morgan fingerprint density at radius 2 is 2.05 bits per heavy atom. The topological polar surface area (TPSA) is 60.2 Å². The van der Waals surface area contributed by atoms with Gasteiger partial charge in [0, 0.05) is 26.3 Å². The number of aryl methyl sites for hydroxylation is 1. The van der Waals surface area contributed by atoms with Gasteiger partial charge in [0.1, 0.15) is 17.1 Å². The maximum absolute atomic E-state index is 10.1. The van der Waals surface area contributed by atoms with Gasteiger partial charge in [-0.25, -0.2) is 9.97 Å². The molecule has 0 atom stereocenters. The molecule has 108 valence electrons. The summed E-state index contributed by atoms with van der Waals surface area (Å²) in [5.74, 6) is 1.10. The van der Waals surface area contributed by atoms with Crippen LogP contribution < -0.4 is 0 Å². The van der Waals surface area contributed by atoms with E-state index in [1.54, 1.807) is 25.4 Å². The van der Waals surface area contributed by atoms with Crippen molar-refractivity contribution in [2.24, 2.45) is 0 Å². The number of nitrogens with zero attached hydrogens (tertiary/aromatic N) is 3. The van der Waals surface area contributed by atoms with Crippen LogP contribution in [0.25, 0.3) is 16.9 Å². The van der Waals surface area contributed by atoms with Crippen LogP contribution in [0.1, 0.15) is 12.2 Å². The zero-order valence-corrected chi connectivity index (χ0v) is 11.9. The highest BCUT2D eigenvalue weighted by Gasteiger charge is 2.15. The minimum atomic E-state index is 0.218. The van der Waals surface area contributed by atoms with Gasteiger partial charge in [0.05, 0.1) is 5.69 Å². The first kappa shape index (κ1) is 13.6. The van der Waals surface area contributed by atoms with Crippen molar-refractivity contribution in [3.63, 3.8) is 0 Å². The third-order valence-electron chi connectivity index (χ3n) is 3.36. The number of aromatic nitrogens is 3. The van der Waals surface area contributed by atoms with Gasteiger partial charge in [0.2, 0.25) is 0 Å². The molecule has 2 aromatic heterocycles. The Labute approximate surface area is 122 Å².